The summed E-state index contributed by atoms with van der Waals surface area (Å²) < 4.78 is 26.9. The number of hydrogen-bond donors (Lipinski definition) is 1. The predicted octanol–water partition coefficient (Wildman–Crippen LogP) is 4.05. The summed E-state index contributed by atoms with van der Waals surface area (Å²) in [6, 6.07) is 7.54. The Bertz CT molecular complexity index is 597. The van der Waals surface area contributed by atoms with E-state index in [4.69, 9.17) is 17.3 Å². The van der Waals surface area contributed by atoms with Gasteiger partial charge in [-0.25, -0.2) is 8.78 Å². The smallest absolute Gasteiger partial charge is 0.128 e. The van der Waals surface area contributed by atoms with E-state index in [1.54, 1.807) is 25.1 Å². The first-order valence-corrected chi connectivity index (χ1v) is 5.85. The van der Waals surface area contributed by atoms with Gasteiger partial charge in [-0.2, -0.15) is 0 Å². The summed E-state index contributed by atoms with van der Waals surface area (Å²) >= 11 is 5.97. The minimum atomic E-state index is -0.381. The molecular formula is C14H12ClF2N. The van der Waals surface area contributed by atoms with Crippen LogP contribution in [0.2, 0.25) is 5.02 Å². The molecule has 0 aromatic heterocycles. The van der Waals surface area contributed by atoms with Crippen molar-refractivity contribution in [1.29, 1.82) is 0 Å². The SMILES string of the molecule is Cc1cc(-c2ccc(CN)c(F)c2)c(Cl)cc1F. The van der Waals surface area contributed by atoms with E-state index in [-0.39, 0.29) is 23.2 Å². The first-order chi connectivity index (χ1) is 8.52. The zero-order chi connectivity index (χ0) is 13.3. The molecule has 0 radical (unpaired) electrons. The topological polar surface area (TPSA) is 26.0 Å². The molecule has 94 valence electrons. The molecule has 1 nitrogen and oxygen atoms in total. The molecule has 0 aliphatic carbocycles. The summed E-state index contributed by atoms with van der Waals surface area (Å²) in [4.78, 5) is 0. The molecule has 18 heavy (non-hydrogen) atoms. The van der Waals surface area contributed by atoms with Crippen LogP contribution in [-0.2, 0) is 6.54 Å². The zero-order valence-electron chi connectivity index (χ0n) is 9.81. The monoisotopic (exact) mass is 267 g/mol. The Morgan fingerprint density at radius 2 is 1.83 bits per heavy atom. The van der Waals surface area contributed by atoms with Crippen LogP contribution in [0.15, 0.2) is 30.3 Å². The van der Waals surface area contributed by atoms with Gasteiger partial charge in [0.05, 0.1) is 5.02 Å². The van der Waals surface area contributed by atoms with Crippen LogP contribution in [-0.4, -0.2) is 0 Å². The maximum Gasteiger partial charge on any atom is 0.128 e. The summed E-state index contributed by atoms with van der Waals surface area (Å²) in [7, 11) is 0. The maximum absolute atomic E-state index is 13.7. The molecule has 0 unspecified atom stereocenters. The molecule has 0 spiro atoms. The molecule has 2 rings (SSSR count). The first-order valence-electron chi connectivity index (χ1n) is 5.47. The number of benzene rings is 2. The molecule has 0 aliphatic rings. The fourth-order valence-electron chi connectivity index (χ4n) is 1.76. The molecule has 0 atom stereocenters. The molecule has 2 aromatic rings. The number of hydrogen-bond acceptors (Lipinski definition) is 1. The van der Waals surface area contributed by atoms with Gasteiger partial charge in [0, 0.05) is 17.7 Å². The molecule has 0 saturated heterocycles. The third kappa shape index (κ3) is 2.37. The van der Waals surface area contributed by atoms with Gasteiger partial charge in [0.15, 0.2) is 0 Å². The molecule has 0 amide bonds. The van der Waals surface area contributed by atoms with Crippen molar-refractivity contribution >= 4 is 11.6 Å². The summed E-state index contributed by atoms with van der Waals surface area (Å²) in [5.41, 5.74) is 7.52. The number of aryl methyl sites for hydroxylation is 1. The Labute approximate surface area is 109 Å². The minimum Gasteiger partial charge on any atom is -0.326 e. The van der Waals surface area contributed by atoms with Crippen LogP contribution in [0.25, 0.3) is 11.1 Å². The molecule has 0 fully saturated rings. The Balaban J connectivity index is 2.55. The lowest BCUT2D eigenvalue weighted by molar-refractivity contribution is 0.611. The second-order valence-electron chi connectivity index (χ2n) is 4.09. The van der Waals surface area contributed by atoms with Gasteiger partial charge in [0.25, 0.3) is 0 Å². The van der Waals surface area contributed by atoms with Crippen LogP contribution in [0.1, 0.15) is 11.1 Å². The molecule has 0 saturated carbocycles. The van der Waals surface area contributed by atoms with E-state index in [9.17, 15) is 8.78 Å². The lowest BCUT2D eigenvalue weighted by Gasteiger charge is -2.08. The third-order valence-corrected chi connectivity index (χ3v) is 3.15. The van der Waals surface area contributed by atoms with E-state index in [0.717, 1.165) is 0 Å². The van der Waals surface area contributed by atoms with Crippen molar-refractivity contribution in [1.82, 2.24) is 0 Å². The molecule has 0 bridgehead atoms. The molecule has 0 heterocycles. The van der Waals surface area contributed by atoms with Gasteiger partial charge in [0.2, 0.25) is 0 Å². The van der Waals surface area contributed by atoms with E-state index in [2.05, 4.69) is 0 Å². The highest BCUT2D eigenvalue weighted by molar-refractivity contribution is 6.33. The van der Waals surface area contributed by atoms with Crippen LogP contribution in [0.5, 0.6) is 0 Å². The Hall–Kier alpha value is -1.45. The fraction of sp³-hybridized carbons (Fsp3) is 0.143. The van der Waals surface area contributed by atoms with Crippen LogP contribution < -0.4 is 5.73 Å². The van der Waals surface area contributed by atoms with E-state index < -0.39 is 0 Å². The van der Waals surface area contributed by atoms with Gasteiger partial charge in [0.1, 0.15) is 11.6 Å². The summed E-state index contributed by atoms with van der Waals surface area (Å²) in [5.74, 6) is -0.754. The predicted molar refractivity (Wildman–Crippen MR) is 69.4 cm³/mol. The van der Waals surface area contributed by atoms with E-state index in [0.29, 0.717) is 22.3 Å². The lowest BCUT2D eigenvalue weighted by Crippen LogP contribution is -1.99. The standard InChI is InChI=1S/C14H12ClF2N/c1-8-4-11(12(15)6-13(8)16)9-2-3-10(7-18)14(17)5-9/h2-6H,7,18H2,1H3. The second kappa shape index (κ2) is 5.04. The van der Waals surface area contributed by atoms with Crippen LogP contribution in [0, 0.1) is 18.6 Å². The molecule has 4 heteroatoms. The highest BCUT2D eigenvalue weighted by Gasteiger charge is 2.10. The van der Waals surface area contributed by atoms with Crippen molar-refractivity contribution in [3.05, 3.63) is 58.1 Å². The van der Waals surface area contributed by atoms with Gasteiger partial charge in [-0.15, -0.1) is 0 Å². The highest BCUT2D eigenvalue weighted by Crippen LogP contribution is 2.31. The van der Waals surface area contributed by atoms with Gasteiger partial charge in [-0.3, -0.25) is 0 Å². The van der Waals surface area contributed by atoms with Gasteiger partial charge < -0.3 is 5.73 Å². The van der Waals surface area contributed by atoms with Crippen molar-refractivity contribution in [3.63, 3.8) is 0 Å². The first kappa shape index (κ1) is 13.0. The largest absolute Gasteiger partial charge is 0.326 e. The summed E-state index contributed by atoms with van der Waals surface area (Å²) in [5, 5.41) is 0.262. The van der Waals surface area contributed by atoms with Gasteiger partial charge in [-0.1, -0.05) is 23.7 Å². The molecular weight excluding hydrogens is 256 g/mol. The normalized spacial score (nSPS) is 10.7. The summed E-state index contributed by atoms with van der Waals surface area (Å²) in [6.07, 6.45) is 0. The average Bonchev–Trinajstić information content (AvgIpc) is 2.33. The Morgan fingerprint density at radius 1 is 1.11 bits per heavy atom. The van der Waals surface area contributed by atoms with Crippen molar-refractivity contribution in [2.24, 2.45) is 5.73 Å². The fourth-order valence-corrected chi connectivity index (χ4v) is 2.02. The zero-order valence-corrected chi connectivity index (χ0v) is 10.6. The highest BCUT2D eigenvalue weighted by atomic mass is 35.5. The van der Waals surface area contributed by atoms with Gasteiger partial charge >= 0.3 is 0 Å². The average molecular weight is 268 g/mol. The Morgan fingerprint density at radius 3 is 2.44 bits per heavy atom. The molecule has 2 aromatic carbocycles. The minimum absolute atomic E-state index is 0.141. The van der Waals surface area contributed by atoms with E-state index in [1.165, 1.54) is 12.1 Å². The lowest BCUT2D eigenvalue weighted by atomic mass is 10.0. The van der Waals surface area contributed by atoms with E-state index >= 15 is 0 Å². The number of nitrogens with two attached hydrogens (primary N) is 1. The van der Waals surface area contributed by atoms with Crippen molar-refractivity contribution < 1.29 is 8.78 Å². The van der Waals surface area contributed by atoms with Crippen LogP contribution >= 0.6 is 11.6 Å². The molecule has 2 N–H and O–H groups in total. The van der Waals surface area contributed by atoms with Crippen molar-refractivity contribution in [3.8, 4) is 11.1 Å². The number of rotatable bonds is 2. The van der Waals surface area contributed by atoms with E-state index in [1.807, 2.05) is 0 Å². The quantitative estimate of drug-likeness (QED) is 0.873. The summed E-state index contributed by atoms with van der Waals surface area (Å²) in [6.45, 7) is 1.78. The van der Waals surface area contributed by atoms with Gasteiger partial charge in [-0.05, 0) is 36.2 Å². The second-order valence-corrected chi connectivity index (χ2v) is 4.50. The molecule has 0 aliphatic heterocycles. The maximum atomic E-state index is 13.7. The third-order valence-electron chi connectivity index (χ3n) is 2.83. The van der Waals surface area contributed by atoms with Crippen LogP contribution in [0.3, 0.4) is 0 Å². The van der Waals surface area contributed by atoms with Crippen molar-refractivity contribution in [2.45, 2.75) is 13.5 Å². The van der Waals surface area contributed by atoms with Crippen LogP contribution in [0.4, 0.5) is 8.78 Å². The number of halogens is 3. The Kier molecular flexibility index (Phi) is 3.64. The van der Waals surface area contributed by atoms with Crippen molar-refractivity contribution in [2.75, 3.05) is 0 Å².